The van der Waals surface area contributed by atoms with Gasteiger partial charge in [0.2, 0.25) is 0 Å². The SMILES string of the molecule is CCNc1nc(Cc2cccnc2)ncc1I. The number of halogens is 1. The van der Waals surface area contributed by atoms with Crippen molar-refractivity contribution in [1.29, 1.82) is 0 Å². The van der Waals surface area contributed by atoms with Gasteiger partial charge in [0.15, 0.2) is 0 Å². The number of hydrogen-bond acceptors (Lipinski definition) is 4. The Morgan fingerprint density at radius 3 is 2.94 bits per heavy atom. The van der Waals surface area contributed by atoms with E-state index in [0.717, 1.165) is 27.3 Å². The van der Waals surface area contributed by atoms with Crippen molar-refractivity contribution in [2.24, 2.45) is 0 Å². The van der Waals surface area contributed by atoms with E-state index in [1.165, 1.54) is 0 Å². The number of anilines is 1. The third-order valence-electron chi connectivity index (χ3n) is 2.22. The number of nitrogens with one attached hydrogen (secondary N) is 1. The van der Waals surface area contributed by atoms with Crippen LogP contribution < -0.4 is 5.32 Å². The molecule has 0 spiro atoms. The minimum atomic E-state index is 0.711. The summed E-state index contributed by atoms with van der Waals surface area (Å²) in [6.07, 6.45) is 6.16. The highest BCUT2D eigenvalue weighted by atomic mass is 127. The molecule has 2 aromatic heterocycles. The standard InChI is InChI=1S/C12H13IN4/c1-2-15-12-10(13)8-16-11(17-12)6-9-4-3-5-14-7-9/h3-5,7-8H,2,6H2,1H3,(H,15,16,17). The van der Waals surface area contributed by atoms with Gasteiger partial charge in [-0.15, -0.1) is 0 Å². The first-order valence-corrected chi connectivity index (χ1v) is 6.51. The van der Waals surface area contributed by atoms with Gasteiger partial charge in [-0.25, -0.2) is 9.97 Å². The fourth-order valence-corrected chi connectivity index (χ4v) is 1.92. The molecule has 17 heavy (non-hydrogen) atoms. The van der Waals surface area contributed by atoms with Crippen molar-refractivity contribution in [1.82, 2.24) is 15.0 Å². The molecule has 2 heterocycles. The van der Waals surface area contributed by atoms with E-state index in [9.17, 15) is 0 Å². The predicted octanol–water partition coefficient (Wildman–Crippen LogP) is 2.50. The summed E-state index contributed by atoms with van der Waals surface area (Å²) in [5, 5.41) is 3.23. The van der Waals surface area contributed by atoms with Crippen LogP contribution in [-0.4, -0.2) is 21.5 Å². The molecule has 0 saturated carbocycles. The lowest BCUT2D eigenvalue weighted by molar-refractivity contribution is 0.949. The number of aromatic nitrogens is 3. The van der Waals surface area contributed by atoms with Crippen LogP contribution in [-0.2, 0) is 6.42 Å². The van der Waals surface area contributed by atoms with Gasteiger partial charge in [0.1, 0.15) is 11.6 Å². The molecule has 1 N–H and O–H groups in total. The molecule has 2 aromatic rings. The zero-order valence-corrected chi connectivity index (χ0v) is 11.7. The summed E-state index contributed by atoms with van der Waals surface area (Å²) in [5.41, 5.74) is 1.12. The summed E-state index contributed by atoms with van der Waals surface area (Å²) in [6.45, 7) is 2.92. The highest BCUT2D eigenvalue weighted by Gasteiger charge is 2.04. The largest absolute Gasteiger partial charge is 0.369 e. The van der Waals surface area contributed by atoms with E-state index in [1.54, 1.807) is 6.20 Å². The monoisotopic (exact) mass is 340 g/mol. The lowest BCUT2D eigenvalue weighted by atomic mass is 10.2. The van der Waals surface area contributed by atoms with Crippen molar-refractivity contribution in [3.63, 3.8) is 0 Å². The topological polar surface area (TPSA) is 50.7 Å². The summed E-state index contributed by atoms with van der Waals surface area (Å²) in [5.74, 6) is 1.72. The Morgan fingerprint density at radius 1 is 1.35 bits per heavy atom. The van der Waals surface area contributed by atoms with Crippen LogP contribution >= 0.6 is 22.6 Å². The quantitative estimate of drug-likeness (QED) is 0.869. The number of hydrogen-bond donors (Lipinski definition) is 1. The molecule has 0 fully saturated rings. The van der Waals surface area contributed by atoms with Crippen LogP contribution in [0.3, 0.4) is 0 Å². The van der Waals surface area contributed by atoms with Crippen molar-refractivity contribution in [3.8, 4) is 0 Å². The maximum atomic E-state index is 4.50. The summed E-state index contributed by atoms with van der Waals surface area (Å²) in [7, 11) is 0. The molecule has 0 radical (unpaired) electrons. The summed E-state index contributed by atoms with van der Waals surface area (Å²) >= 11 is 2.23. The average molecular weight is 340 g/mol. The van der Waals surface area contributed by atoms with Crippen LogP contribution in [0, 0.1) is 3.57 Å². The Kier molecular flexibility index (Phi) is 4.24. The molecule has 0 bridgehead atoms. The Labute approximate surface area is 114 Å². The first-order valence-electron chi connectivity index (χ1n) is 5.43. The minimum absolute atomic E-state index is 0.711. The Bertz CT molecular complexity index is 487. The fraction of sp³-hybridized carbons (Fsp3) is 0.250. The fourth-order valence-electron chi connectivity index (χ4n) is 1.47. The summed E-state index contributed by atoms with van der Waals surface area (Å²) in [6, 6.07) is 3.95. The van der Waals surface area contributed by atoms with Crippen LogP contribution in [0.4, 0.5) is 5.82 Å². The average Bonchev–Trinajstić information content (AvgIpc) is 2.35. The van der Waals surface area contributed by atoms with Crippen LogP contribution in [0.25, 0.3) is 0 Å². The third kappa shape index (κ3) is 3.36. The Morgan fingerprint density at radius 2 is 2.24 bits per heavy atom. The maximum Gasteiger partial charge on any atom is 0.143 e. The second kappa shape index (κ2) is 5.90. The number of rotatable bonds is 4. The number of pyridine rings is 1. The second-order valence-corrected chi connectivity index (χ2v) is 4.71. The lowest BCUT2D eigenvalue weighted by Gasteiger charge is -2.07. The van der Waals surface area contributed by atoms with Gasteiger partial charge in [0.05, 0.1) is 3.57 Å². The van der Waals surface area contributed by atoms with Crippen LogP contribution in [0.15, 0.2) is 30.7 Å². The van der Waals surface area contributed by atoms with Crippen molar-refractivity contribution in [3.05, 3.63) is 45.7 Å². The first-order chi connectivity index (χ1) is 8.29. The second-order valence-electron chi connectivity index (χ2n) is 3.55. The molecule has 0 atom stereocenters. The van der Waals surface area contributed by atoms with Gasteiger partial charge in [-0.3, -0.25) is 4.98 Å². The van der Waals surface area contributed by atoms with E-state index in [1.807, 2.05) is 24.5 Å². The van der Waals surface area contributed by atoms with E-state index >= 15 is 0 Å². The first kappa shape index (κ1) is 12.2. The van der Waals surface area contributed by atoms with E-state index in [2.05, 4.69) is 49.8 Å². The molecule has 0 aliphatic carbocycles. The van der Waals surface area contributed by atoms with Gasteiger partial charge in [0.25, 0.3) is 0 Å². The Hall–Kier alpha value is -1.24. The highest BCUT2D eigenvalue weighted by molar-refractivity contribution is 14.1. The van der Waals surface area contributed by atoms with Crippen molar-refractivity contribution in [2.75, 3.05) is 11.9 Å². The van der Waals surface area contributed by atoms with Crippen molar-refractivity contribution < 1.29 is 0 Å². The van der Waals surface area contributed by atoms with Gasteiger partial charge in [-0.2, -0.15) is 0 Å². The highest BCUT2D eigenvalue weighted by Crippen LogP contribution is 2.15. The maximum absolute atomic E-state index is 4.50. The molecular weight excluding hydrogens is 327 g/mol. The smallest absolute Gasteiger partial charge is 0.143 e. The van der Waals surface area contributed by atoms with Gasteiger partial charge >= 0.3 is 0 Å². The molecule has 0 saturated heterocycles. The zero-order chi connectivity index (χ0) is 12.1. The molecule has 0 unspecified atom stereocenters. The van der Waals surface area contributed by atoms with Crippen LogP contribution in [0.5, 0.6) is 0 Å². The molecule has 0 aliphatic heterocycles. The molecule has 88 valence electrons. The predicted molar refractivity (Wildman–Crippen MR) is 76.0 cm³/mol. The summed E-state index contributed by atoms with van der Waals surface area (Å²) in [4.78, 5) is 12.9. The normalized spacial score (nSPS) is 10.2. The van der Waals surface area contributed by atoms with Crippen LogP contribution in [0.2, 0.25) is 0 Å². The molecule has 0 aromatic carbocycles. The molecule has 5 heteroatoms. The number of nitrogens with zero attached hydrogens (tertiary/aromatic N) is 3. The third-order valence-corrected chi connectivity index (χ3v) is 3.01. The van der Waals surface area contributed by atoms with Gasteiger partial charge in [-0.1, -0.05) is 6.07 Å². The summed E-state index contributed by atoms with van der Waals surface area (Å²) < 4.78 is 1.04. The zero-order valence-electron chi connectivity index (χ0n) is 9.52. The minimum Gasteiger partial charge on any atom is -0.369 e. The molecule has 0 amide bonds. The van der Waals surface area contributed by atoms with Crippen molar-refractivity contribution >= 4 is 28.4 Å². The van der Waals surface area contributed by atoms with Gasteiger partial charge in [-0.05, 0) is 41.1 Å². The van der Waals surface area contributed by atoms with Crippen LogP contribution in [0.1, 0.15) is 18.3 Å². The van der Waals surface area contributed by atoms with E-state index in [-0.39, 0.29) is 0 Å². The molecular formula is C12H13IN4. The van der Waals surface area contributed by atoms with E-state index < -0.39 is 0 Å². The van der Waals surface area contributed by atoms with E-state index in [4.69, 9.17) is 0 Å². The lowest BCUT2D eigenvalue weighted by Crippen LogP contribution is -2.06. The molecule has 0 aliphatic rings. The van der Waals surface area contributed by atoms with E-state index in [0.29, 0.717) is 6.42 Å². The van der Waals surface area contributed by atoms with Crippen molar-refractivity contribution in [2.45, 2.75) is 13.3 Å². The molecule has 4 nitrogen and oxygen atoms in total. The molecule has 2 rings (SSSR count). The van der Waals surface area contributed by atoms with Gasteiger partial charge in [0, 0.05) is 31.6 Å². The van der Waals surface area contributed by atoms with Gasteiger partial charge < -0.3 is 5.32 Å². The Balaban J connectivity index is 2.19.